The van der Waals surface area contributed by atoms with E-state index in [1.54, 1.807) is 18.3 Å². The van der Waals surface area contributed by atoms with E-state index in [4.69, 9.17) is 4.74 Å². The minimum atomic E-state index is -0.221. The third-order valence-corrected chi connectivity index (χ3v) is 2.96. The van der Waals surface area contributed by atoms with Gasteiger partial charge in [0.15, 0.2) is 0 Å². The van der Waals surface area contributed by atoms with Gasteiger partial charge in [0, 0.05) is 17.8 Å². The molecular formula is C18H20N2O2. The van der Waals surface area contributed by atoms with Crippen LogP contribution in [-0.2, 0) is 4.79 Å². The number of hydrogen-bond donors (Lipinski definition) is 1. The lowest BCUT2D eigenvalue weighted by Crippen LogP contribution is -2.09. The second-order valence-electron chi connectivity index (χ2n) is 4.93. The van der Waals surface area contributed by atoms with E-state index in [0.29, 0.717) is 12.4 Å². The van der Waals surface area contributed by atoms with E-state index in [0.717, 1.165) is 23.3 Å². The Bertz CT molecular complexity index is 648. The number of aromatic nitrogens is 1. The molecule has 0 unspecified atom stereocenters. The van der Waals surface area contributed by atoms with Crippen molar-refractivity contribution in [2.45, 2.75) is 20.3 Å². The van der Waals surface area contributed by atoms with Crippen molar-refractivity contribution in [2.75, 3.05) is 11.9 Å². The van der Waals surface area contributed by atoms with Crippen molar-refractivity contribution in [3.8, 4) is 5.75 Å². The minimum Gasteiger partial charge on any atom is -0.493 e. The third kappa shape index (κ3) is 4.74. The Kier molecular flexibility index (Phi) is 5.72. The van der Waals surface area contributed by atoms with E-state index in [1.807, 2.05) is 37.3 Å². The molecule has 0 saturated heterocycles. The number of rotatable bonds is 6. The number of pyridine rings is 1. The number of carbonyl (C=O) groups excluding carboxylic acids is 1. The van der Waals surface area contributed by atoms with Gasteiger partial charge in [0.1, 0.15) is 11.6 Å². The average Bonchev–Trinajstić information content (AvgIpc) is 2.54. The summed E-state index contributed by atoms with van der Waals surface area (Å²) in [7, 11) is 0. The summed E-state index contributed by atoms with van der Waals surface area (Å²) in [6, 6.07) is 11.3. The molecule has 1 amide bonds. The highest BCUT2D eigenvalue weighted by molar-refractivity contribution is 6.01. The first-order valence-electron chi connectivity index (χ1n) is 7.32. The number of anilines is 1. The van der Waals surface area contributed by atoms with E-state index in [-0.39, 0.29) is 5.91 Å². The molecule has 22 heavy (non-hydrogen) atoms. The van der Waals surface area contributed by atoms with Gasteiger partial charge in [-0.2, -0.15) is 0 Å². The molecule has 1 aromatic carbocycles. The Balaban J connectivity index is 2.01. The number of nitrogens with one attached hydrogen (secondary N) is 1. The van der Waals surface area contributed by atoms with E-state index >= 15 is 0 Å². The Morgan fingerprint density at radius 1 is 1.27 bits per heavy atom. The predicted octanol–water partition coefficient (Wildman–Crippen LogP) is 3.83. The Morgan fingerprint density at radius 2 is 2.09 bits per heavy atom. The molecule has 2 aromatic rings. The van der Waals surface area contributed by atoms with E-state index in [9.17, 15) is 4.79 Å². The number of amides is 1. The highest BCUT2D eigenvalue weighted by Gasteiger charge is 2.02. The van der Waals surface area contributed by atoms with Gasteiger partial charge < -0.3 is 10.1 Å². The van der Waals surface area contributed by atoms with Gasteiger partial charge in [0.25, 0.3) is 0 Å². The Morgan fingerprint density at radius 3 is 2.82 bits per heavy atom. The lowest BCUT2D eigenvalue weighted by molar-refractivity contribution is -0.111. The molecule has 1 N–H and O–H groups in total. The zero-order chi connectivity index (χ0) is 15.8. The van der Waals surface area contributed by atoms with Crippen LogP contribution in [0.2, 0.25) is 0 Å². The SMILES string of the molecule is CCCOc1ccccc1/C=C/C(=O)Nc1ccc(C)cn1. The molecule has 0 aliphatic heterocycles. The second kappa shape index (κ2) is 7.98. The quantitative estimate of drug-likeness (QED) is 0.824. The van der Waals surface area contributed by atoms with Crippen LogP contribution >= 0.6 is 0 Å². The second-order valence-corrected chi connectivity index (χ2v) is 4.93. The number of carbonyl (C=O) groups is 1. The van der Waals surface area contributed by atoms with Crippen molar-refractivity contribution >= 4 is 17.8 Å². The normalized spacial score (nSPS) is 10.6. The summed E-state index contributed by atoms with van der Waals surface area (Å²) in [6.07, 6.45) is 5.88. The highest BCUT2D eigenvalue weighted by Crippen LogP contribution is 2.19. The van der Waals surface area contributed by atoms with Crippen LogP contribution in [0.3, 0.4) is 0 Å². The predicted molar refractivity (Wildman–Crippen MR) is 88.9 cm³/mol. The molecule has 114 valence electrons. The summed E-state index contributed by atoms with van der Waals surface area (Å²) in [5, 5.41) is 2.72. The average molecular weight is 296 g/mol. The lowest BCUT2D eigenvalue weighted by Gasteiger charge is -2.07. The topological polar surface area (TPSA) is 51.2 Å². The number of hydrogen-bond acceptors (Lipinski definition) is 3. The van der Waals surface area contributed by atoms with Crippen LogP contribution < -0.4 is 10.1 Å². The monoisotopic (exact) mass is 296 g/mol. The maximum Gasteiger partial charge on any atom is 0.249 e. The van der Waals surface area contributed by atoms with Crippen molar-refractivity contribution in [3.05, 3.63) is 59.8 Å². The summed E-state index contributed by atoms with van der Waals surface area (Å²) < 4.78 is 5.65. The van der Waals surface area contributed by atoms with Gasteiger partial charge in [-0.05, 0) is 37.1 Å². The maximum atomic E-state index is 11.9. The van der Waals surface area contributed by atoms with E-state index < -0.39 is 0 Å². The van der Waals surface area contributed by atoms with Gasteiger partial charge in [0.05, 0.1) is 6.61 Å². The van der Waals surface area contributed by atoms with Crippen LogP contribution in [0.5, 0.6) is 5.75 Å². The van der Waals surface area contributed by atoms with Gasteiger partial charge in [0.2, 0.25) is 5.91 Å². The van der Waals surface area contributed by atoms with Crippen molar-refractivity contribution in [2.24, 2.45) is 0 Å². The zero-order valence-electron chi connectivity index (χ0n) is 12.9. The molecule has 0 bridgehead atoms. The lowest BCUT2D eigenvalue weighted by atomic mass is 10.2. The molecule has 4 heteroatoms. The first kappa shape index (κ1) is 15.8. The molecule has 1 heterocycles. The fourth-order valence-electron chi connectivity index (χ4n) is 1.84. The molecule has 0 spiro atoms. The van der Waals surface area contributed by atoms with Crippen molar-refractivity contribution in [3.63, 3.8) is 0 Å². The smallest absolute Gasteiger partial charge is 0.249 e. The molecule has 0 saturated carbocycles. The molecule has 0 radical (unpaired) electrons. The third-order valence-electron chi connectivity index (χ3n) is 2.96. The molecular weight excluding hydrogens is 276 g/mol. The summed E-state index contributed by atoms with van der Waals surface area (Å²) in [5.41, 5.74) is 1.93. The zero-order valence-corrected chi connectivity index (χ0v) is 12.9. The molecule has 2 rings (SSSR count). The van der Waals surface area contributed by atoms with Crippen molar-refractivity contribution < 1.29 is 9.53 Å². The fourth-order valence-corrected chi connectivity index (χ4v) is 1.84. The molecule has 0 aliphatic rings. The summed E-state index contributed by atoms with van der Waals surface area (Å²) in [5.74, 6) is 1.10. The number of nitrogens with zero attached hydrogens (tertiary/aromatic N) is 1. The van der Waals surface area contributed by atoms with Crippen LogP contribution in [0, 0.1) is 6.92 Å². The molecule has 0 aliphatic carbocycles. The van der Waals surface area contributed by atoms with Crippen LogP contribution in [0.1, 0.15) is 24.5 Å². The van der Waals surface area contributed by atoms with Gasteiger partial charge in [-0.3, -0.25) is 4.79 Å². The summed E-state index contributed by atoms with van der Waals surface area (Å²) >= 11 is 0. The first-order chi connectivity index (χ1) is 10.7. The maximum absolute atomic E-state index is 11.9. The van der Waals surface area contributed by atoms with Crippen LogP contribution in [-0.4, -0.2) is 17.5 Å². The standard InChI is InChI=1S/C18H20N2O2/c1-3-12-22-16-7-5-4-6-15(16)9-11-18(21)20-17-10-8-14(2)13-19-17/h4-11,13H,3,12H2,1-2H3,(H,19,20,21)/b11-9+. The summed E-state index contributed by atoms with van der Waals surface area (Å²) in [4.78, 5) is 16.1. The largest absolute Gasteiger partial charge is 0.493 e. The van der Waals surface area contributed by atoms with Gasteiger partial charge in [-0.25, -0.2) is 4.98 Å². The number of ether oxygens (including phenoxy) is 1. The molecule has 1 aromatic heterocycles. The fraction of sp³-hybridized carbons (Fsp3) is 0.222. The van der Waals surface area contributed by atoms with Crippen molar-refractivity contribution in [1.29, 1.82) is 0 Å². The van der Waals surface area contributed by atoms with Crippen LogP contribution in [0.15, 0.2) is 48.7 Å². The van der Waals surface area contributed by atoms with Gasteiger partial charge in [-0.15, -0.1) is 0 Å². The van der Waals surface area contributed by atoms with E-state index in [2.05, 4.69) is 17.2 Å². The number of benzene rings is 1. The highest BCUT2D eigenvalue weighted by atomic mass is 16.5. The molecule has 0 atom stereocenters. The van der Waals surface area contributed by atoms with E-state index in [1.165, 1.54) is 6.08 Å². The van der Waals surface area contributed by atoms with Gasteiger partial charge in [-0.1, -0.05) is 31.2 Å². The van der Waals surface area contributed by atoms with Crippen molar-refractivity contribution in [1.82, 2.24) is 4.98 Å². The number of aryl methyl sites for hydroxylation is 1. The van der Waals surface area contributed by atoms with Crippen LogP contribution in [0.4, 0.5) is 5.82 Å². The molecule has 0 fully saturated rings. The minimum absolute atomic E-state index is 0.221. The number of para-hydroxylation sites is 1. The Hall–Kier alpha value is -2.62. The summed E-state index contributed by atoms with van der Waals surface area (Å²) in [6.45, 7) is 4.66. The first-order valence-corrected chi connectivity index (χ1v) is 7.32. The Labute approximate surface area is 130 Å². The molecule has 4 nitrogen and oxygen atoms in total. The van der Waals surface area contributed by atoms with Crippen LogP contribution in [0.25, 0.3) is 6.08 Å². The van der Waals surface area contributed by atoms with Gasteiger partial charge >= 0.3 is 0 Å².